The summed E-state index contributed by atoms with van der Waals surface area (Å²) in [5.74, 6) is 0.936. The molecule has 100 valence electrons. The number of nitrogens with zero attached hydrogens (tertiary/aromatic N) is 1. The molecule has 1 heterocycles. The van der Waals surface area contributed by atoms with Gasteiger partial charge in [0.25, 0.3) is 0 Å². The van der Waals surface area contributed by atoms with E-state index in [0.29, 0.717) is 11.7 Å². The third-order valence-corrected chi connectivity index (χ3v) is 6.08. The highest BCUT2D eigenvalue weighted by molar-refractivity contribution is 6.04. The molecule has 0 aromatic heterocycles. The number of hydrogen-bond donors (Lipinski definition) is 0. The van der Waals surface area contributed by atoms with Crippen molar-refractivity contribution in [3.05, 3.63) is 11.8 Å². The maximum atomic E-state index is 12.7. The van der Waals surface area contributed by atoms with Crippen LogP contribution in [-0.4, -0.2) is 23.8 Å². The summed E-state index contributed by atoms with van der Waals surface area (Å²) in [7, 11) is 0. The molecule has 3 rings (SSSR count). The van der Waals surface area contributed by atoms with Crippen LogP contribution in [0.15, 0.2) is 11.8 Å². The molecule has 0 amide bonds. The number of ketones is 1. The maximum Gasteiger partial charge on any atom is 0.167 e. The van der Waals surface area contributed by atoms with Crippen LogP contribution < -0.4 is 0 Å². The van der Waals surface area contributed by atoms with Crippen LogP contribution in [0, 0.1) is 16.7 Å². The quantitative estimate of drug-likeness (QED) is 0.662. The van der Waals surface area contributed by atoms with Crippen LogP contribution in [0.25, 0.3) is 0 Å². The van der Waals surface area contributed by atoms with Gasteiger partial charge in [0, 0.05) is 30.3 Å². The molecule has 18 heavy (non-hydrogen) atoms. The Bertz CT molecular complexity index is 403. The molecule has 0 spiro atoms. The zero-order valence-corrected chi connectivity index (χ0v) is 12.0. The molecule has 2 aliphatic carbocycles. The molecular formula is C16H25NO. The normalized spacial score (nSPS) is 40.8. The van der Waals surface area contributed by atoms with E-state index in [1.165, 1.54) is 25.7 Å². The Hall–Kier alpha value is -0.790. The molecule has 3 aliphatic rings. The number of hydrogen-bond acceptors (Lipinski definition) is 2. The second kappa shape index (κ2) is 3.85. The maximum absolute atomic E-state index is 12.7. The van der Waals surface area contributed by atoms with E-state index in [1.54, 1.807) is 0 Å². The topological polar surface area (TPSA) is 20.3 Å². The van der Waals surface area contributed by atoms with E-state index in [0.717, 1.165) is 25.1 Å². The minimum Gasteiger partial charge on any atom is -0.377 e. The number of carbonyl (C=O) groups is 1. The van der Waals surface area contributed by atoms with E-state index in [1.807, 2.05) is 0 Å². The molecule has 2 heteroatoms. The molecular weight excluding hydrogens is 222 g/mol. The van der Waals surface area contributed by atoms with Crippen molar-refractivity contribution in [1.29, 1.82) is 0 Å². The average Bonchev–Trinajstić information content (AvgIpc) is 2.65. The first-order valence-electron chi connectivity index (χ1n) is 7.47. The van der Waals surface area contributed by atoms with Crippen LogP contribution in [0.4, 0.5) is 0 Å². The average molecular weight is 247 g/mol. The Morgan fingerprint density at radius 2 is 1.83 bits per heavy atom. The van der Waals surface area contributed by atoms with Crippen molar-refractivity contribution in [2.45, 2.75) is 52.9 Å². The molecule has 2 saturated carbocycles. The summed E-state index contributed by atoms with van der Waals surface area (Å²) in [6, 6.07) is 0. The third kappa shape index (κ3) is 1.44. The van der Waals surface area contributed by atoms with Crippen LogP contribution in [0.3, 0.4) is 0 Å². The van der Waals surface area contributed by atoms with Crippen molar-refractivity contribution in [2.24, 2.45) is 16.7 Å². The third-order valence-electron chi connectivity index (χ3n) is 6.08. The number of likely N-dealkylation sites (tertiary alicyclic amines) is 1. The summed E-state index contributed by atoms with van der Waals surface area (Å²) in [6.07, 6.45) is 8.42. The van der Waals surface area contributed by atoms with E-state index in [4.69, 9.17) is 0 Å². The lowest BCUT2D eigenvalue weighted by Crippen LogP contribution is -2.32. The highest BCUT2D eigenvalue weighted by Gasteiger charge is 2.64. The minimum atomic E-state index is -0.0979. The standard InChI is InChI=1S/C16H25NO/c1-15(2)13-7-8-16(15,3)14(18)12(13)11-17-9-5-4-6-10-17/h11,13H,4-10H2,1-3H3/b12-11-/t13-,16-/m1/s1. The first-order valence-corrected chi connectivity index (χ1v) is 7.47. The monoisotopic (exact) mass is 247 g/mol. The first-order chi connectivity index (χ1) is 8.47. The van der Waals surface area contributed by atoms with E-state index < -0.39 is 0 Å². The van der Waals surface area contributed by atoms with Crippen molar-refractivity contribution in [2.75, 3.05) is 13.1 Å². The van der Waals surface area contributed by atoms with Gasteiger partial charge in [0.1, 0.15) is 0 Å². The highest BCUT2D eigenvalue weighted by Crippen LogP contribution is 2.65. The molecule has 0 aromatic rings. The molecule has 2 atom stereocenters. The Kier molecular flexibility index (Phi) is 2.62. The predicted molar refractivity (Wildman–Crippen MR) is 73.1 cm³/mol. The largest absolute Gasteiger partial charge is 0.377 e. The molecule has 1 saturated heterocycles. The zero-order chi connectivity index (χ0) is 13.0. The lowest BCUT2D eigenvalue weighted by molar-refractivity contribution is -0.125. The van der Waals surface area contributed by atoms with Crippen LogP contribution in [0.5, 0.6) is 0 Å². The summed E-state index contributed by atoms with van der Waals surface area (Å²) >= 11 is 0. The van der Waals surface area contributed by atoms with Gasteiger partial charge >= 0.3 is 0 Å². The van der Waals surface area contributed by atoms with Crippen LogP contribution >= 0.6 is 0 Å². The molecule has 0 radical (unpaired) electrons. The summed E-state index contributed by atoms with van der Waals surface area (Å²) < 4.78 is 0. The molecule has 2 bridgehead atoms. The Labute approximate surface area is 110 Å². The number of carbonyl (C=O) groups excluding carboxylic acids is 1. The van der Waals surface area contributed by atoms with E-state index >= 15 is 0 Å². The minimum absolute atomic E-state index is 0.0979. The number of fused-ring (bicyclic) bond motifs is 2. The molecule has 2 nitrogen and oxygen atoms in total. The van der Waals surface area contributed by atoms with E-state index in [2.05, 4.69) is 31.9 Å². The van der Waals surface area contributed by atoms with Crippen LogP contribution in [0.1, 0.15) is 52.9 Å². The van der Waals surface area contributed by atoms with E-state index in [9.17, 15) is 4.79 Å². The predicted octanol–water partition coefficient (Wildman–Crippen LogP) is 3.38. The van der Waals surface area contributed by atoms with E-state index in [-0.39, 0.29) is 10.8 Å². The lowest BCUT2D eigenvalue weighted by atomic mass is 9.70. The van der Waals surface area contributed by atoms with Gasteiger partial charge in [-0.2, -0.15) is 0 Å². The van der Waals surface area contributed by atoms with Gasteiger partial charge in [0.05, 0.1) is 0 Å². The molecule has 0 aromatic carbocycles. The molecule has 3 fully saturated rings. The van der Waals surface area contributed by atoms with Crippen molar-refractivity contribution >= 4 is 5.78 Å². The number of allylic oxidation sites excluding steroid dienone is 1. The van der Waals surface area contributed by atoms with Gasteiger partial charge in [-0.05, 0) is 43.4 Å². The lowest BCUT2D eigenvalue weighted by Gasteiger charge is -2.31. The summed E-state index contributed by atoms with van der Waals surface area (Å²) in [5, 5.41) is 0. The Balaban J connectivity index is 1.90. The highest BCUT2D eigenvalue weighted by atomic mass is 16.1. The molecule has 0 N–H and O–H groups in total. The van der Waals surface area contributed by atoms with Gasteiger partial charge < -0.3 is 4.90 Å². The van der Waals surface area contributed by atoms with Crippen molar-refractivity contribution in [3.63, 3.8) is 0 Å². The Morgan fingerprint density at radius 1 is 1.17 bits per heavy atom. The van der Waals surface area contributed by atoms with Gasteiger partial charge in [0.15, 0.2) is 5.78 Å². The van der Waals surface area contributed by atoms with Gasteiger partial charge in [-0.15, -0.1) is 0 Å². The SMILES string of the molecule is CC1(C)[C@@H]2CC[C@]1(C)C(=O)/C2=C\N1CCCCC1. The van der Waals surface area contributed by atoms with Crippen LogP contribution in [-0.2, 0) is 4.79 Å². The zero-order valence-electron chi connectivity index (χ0n) is 12.0. The number of Topliss-reactive ketones (excluding diaryl/α,β-unsaturated/α-hetero) is 1. The first kappa shape index (κ1) is 12.3. The van der Waals surface area contributed by atoms with Gasteiger partial charge in [-0.3, -0.25) is 4.79 Å². The summed E-state index contributed by atoms with van der Waals surface area (Å²) in [6.45, 7) is 9.05. The number of rotatable bonds is 1. The fraction of sp³-hybridized carbons (Fsp3) is 0.812. The van der Waals surface area contributed by atoms with Gasteiger partial charge in [0.2, 0.25) is 0 Å². The van der Waals surface area contributed by atoms with Crippen molar-refractivity contribution < 1.29 is 4.79 Å². The summed E-state index contributed by atoms with van der Waals surface area (Å²) in [4.78, 5) is 15.1. The smallest absolute Gasteiger partial charge is 0.167 e. The molecule has 1 aliphatic heterocycles. The molecule has 0 unspecified atom stereocenters. The Morgan fingerprint density at radius 3 is 2.39 bits per heavy atom. The van der Waals surface area contributed by atoms with Crippen molar-refractivity contribution in [1.82, 2.24) is 4.90 Å². The van der Waals surface area contributed by atoms with Gasteiger partial charge in [-0.25, -0.2) is 0 Å². The van der Waals surface area contributed by atoms with Crippen molar-refractivity contribution in [3.8, 4) is 0 Å². The van der Waals surface area contributed by atoms with Crippen LogP contribution in [0.2, 0.25) is 0 Å². The fourth-order valence-corrected chi connectivity index (χ4v) is 4.32. The summed E-state index contributed by atoms with van der Waals surface area (Å²) in [5.41, 5.74) is 1.20. The number of piperidine rings is 1. The van der Waals surface area contributed by atoms with Gasteiger partial charge in [-0.1, -0.05) is 20.8 Å². The second-order valence-corrected chi connectivity index (χ2v) is 7.16. The second-order valence-electron chi connectivity index (χ2n) is 7.16. The fourth-order valence-electron chi connectivity index (χ4n) is 4.32.